The summed E-state index contributed by atoms with van der Waals surface area (Å²) in [6.07, 6.45) is 8.05. The van der Waals surface area contributed by atoms with Crippen LogP contribution in [-0.4, -0.2) is 11.9 Å². The van der Waals surface area contributed by atoms with Gasteiger partial charge >= 0.3 is 0 Å². The molecular formula is C19H27NO. The molecule has 1 aliphatic rings. The zero-order valence-electron chi connectivity index (χ0n) is 13.3. The Morgan fingerprint density at radius 1 is 1.05 bits per heavy atom. The van der Waals surface area contributed by atoms with Gasteiger partial charge in [-0.3, -0.25) is 4.79 Å². The maximum atomic E-state index is 12.1. The van der Waals surface area contributed by atoms with Gasteiger partial charge in [0.15, 0.2) is 0 Å². The quantitative estimate of drug-likeness (QED) is 0.418. The van der Waals surface area contributed by atoms with Crippen molar-refractivity contribution in [1.29, 1.82) is 0 Å². The minimum Gasteiger partial charge on any atom is -0.345 e. The van der Waals surface area contributed by atoms with Crippen molar-refractivity contribution < 1.29 is 4.79 Å². The summed E-state index contributed by atoms with van der Waals surface area (Å²) < 4.78 is 0. The minimum atomic E-state index is 0.145. The highest BCUT2D eigenvalue weighted by atomic mass is 16.2. The predicted octanol–water partition coefficient (Wildman–Crippen LogP) is 4.71. The van der Waals surface area contributed by atoms with Gasteiger partial charge in [0.25, 0.3) is 0 Å². The molecule has 1 aromatic carbocycles. The molecule has 1 heterocycles. The average molecular weight is 285 g/mol. The van der Waals surface area contributed by atoms with Gasteiger partial charge in [-0.05, 0) is 30.4 Å². The molecule has 1 saturated heterocycles. The van der Waals surface area contributed by atoms with Crippen LogP contribution in [0.1, 0.15) is 64.4 Å². The Morgan fingerprint density at radius 3 is 2.38 bits per heavy atom. The third-order valence-electron chi connectivity index (χ3n) is 4.22. The highest BCUT2D eigenvalue weighted by Gasteiger charge is 2.34. The highest BCUT2D eigenvalue weighted by molar-refractivity contribution is 6.08. The Morgan fingerprint density at radius 2 is 1.76 bits per heavy atom. The van der Waals surface area contributed by atoms with Crippen LogP contribution in [0.15, 0.2) is 35.9 Å². The lowest BCUT2D eigenvalue weighted by Crippen LogP contribution is -2.52. The van der Waals surface area contributed by atoms with Crippen LogP contribution in [0.3, 0.4) is 0 Å². The first-order valence-corrected chi connectivity index (χ1v) is 8.37. The van der Waals surface area contributed by atoms with Crippen LogP contribution in [0.4, 0.5) is 0 Å². The molecule has 1 amide bonds. The molecule has 0 aromatic heterocycles. The predicted molar refractivity (Wildman–Crippen MR) is 89.0 cm³/mol. The van der Waals surface area contributed by atoms with Gasteiger partial charge in [0.2, 0.25) is 5.91 Å². The Balaban J connectivity index is 2.21. The molecule has 2 heteroatoms. The smallest absolute Gasteiger partial charge is 0.250 e. The molecule has 1 N–H and O–H groups in total. The third-order valence-corrected chi connectivity index (χ3v) is 4.22. The molecule has 0 spiro atoms. The fourth-order valence-electron chi connectivity index (χ4n) is 2.98. The van der Waals surface area contributed by atoms with E-state index in [1.165, 1.54) is 30.4 Å². The Kier molecular flexibility index (Phi) is 6.04. The second-order valence-electron chi connectivity index (χ2n) is 5.88. The van der Waals surface area contributed by atoms with Crippen LogP contribution < -0.4 is 5.32 Å². The number of carbonyl (C=O) groups is 1. The zero-order chi connectivity index (χ0) is 15.1. The first kappa shape index (κ1) is 15.8. The molecule has 0 radical (unpaired) electrons. The maximum absolute atomic E-state index is 12.1. The van der Waals surface area contributed by atoms with Crippen LogP contribution >= 0.6 is 0 Å². The van der Waals surface area contributed by atoms with Crippen LogP contribution in [0.2, 0.25) is 0 Å². The fraction of sp³-hybridized carbons (Fsp3) is 0.526. The van der Waals surface area contributed by atoms with Crippen LogP contribution in [0.5, 0.6) is 0 Å². The molecule has 2 nitrogen and oxygen atoms in total. The van der Waals surface area contributed by atoms with Crippen LogP contribution in [0.25, 0.3) is 5.57 Å². The first-order valence-electron chi connectivity index (χ1n) is 8.37. The maximum Gasteiger partial charge on any atom is 0.250 e. The number of unbranched alkanes of at least 4 members (excludes halogenated alkanes) is 3. The van der Waals surface area contributed by atoms with Crippen molar-refractivity contribution in [3.63, 3.8) is 0 Å². The number of carbonyl (C=O) groups excluding carboxylic acids is 1. The van der Waals surface area contributed by atoms with E-state index in [0.717, 1.165) is 31.3 Å². The van der Waals surface area contributed by atoms with Crippen LogP contribution in [0, 0.1) is 0 Å². The average Bonchev–Trinajstić information content (AvgIpc) is 2.51. The lowest BCUT2D eigenvalue weighted by Gasteiger charge is -2.33. The van der Waals surface area contributed by atoms with E-state index in [-0.39, 0.29) is 11.9 Å². The van der Waals surface area contributed by atoms with Crippen molar-refractivity contribution in [3.05, 3.63) is 41.5 Å². The lowest BCUT2D eigenvalue weighted by molar-refractivity contribution is -0.122. The van der Waals surface area contributed by atoms with E-state index in [4.69, 9.17) is 0 Å². The van der Waals surface area contributed by atoms with Gasteiger partial charge in [-0.1, -0.05) is 69.9 Å². The molecule has 0 saturated carbocycles. The monoisotopic (exact) mass is 285 g/mol. The van der Waals surface area contributed by atoms with Gasteiger partial charge in [-0.15, -0.1) is 0 Å². The molecule has 1 aromatic rings. The minimum absolute atomic E-state index is 0.145. The van der Waals surface area contributed by atoms with E-state index in [2.05, 4.69) is 43.4 Å². The van der Waals surface area contributed by atoms with Gasteiger partial charge in [0.1, 0.15) is 0 Å². The summed E-state index contributed by atoms with van der Waals surface area (Å²) in [7, 11) is 0. The van der Waals surface area contributed by atoms with Gasteiger partial charge in [-0.25, -0.2) is 0 Å². The standard InChI is InChI=1S/C19H27NO/c1-3-5-8-14-17-18(19(21)20-17)16(13-6-4-2)15-11-9-7-10-12-15/h7,9-12,17H,3-6,8,13-14H2,1-2H3,(H,20,21)/b18-16+. The van der Waals surface area contributed by atoms with Gasteiger partial charge in [0, 0.05) is 5.57 Å². The lowest BCUT2D eigenvalue weighted by atomic mass is 9.84. The molecule has 114 valence electrons. The number of benzene rings is 1. The number of amides is 1. The number of β-lactam (4-membered cyclic amide) rings is 1. The summed E-state index contributed by atoms with van der Waals surface area (Å²) in [5.41, 5.74) is 3.53. The number of nitrogens with one attached hydrogen (secondary N) is 1. The summed E-state index contributed by atoms with van der Waals surface area (Å²) in [5.74, 6) is 0.145. The Labute approximate surface area is 128 Å². The normalized spacial score (nSPS) is 19.9. The molecule has 1 atom stereocenters. The van der Waals surface area contributed by atoms with Crippen molar-refractivity contribution in [2.24, 2.45) is 0 Å². The van der Waals surface area contributed by atoms with Crippen molar-refractivity contribution in [2.75, 3.05) is 0 Å². The molecule has 0 bridgehead atoms. The summed E-state index contributed by atoms with van der Waals surface area (Å²) in [6.45, 7) is 4.42. The molecular weight excluding hydrogens is 258 g/mol. The van der Waals surface area contributed by atoms with Crippen molar-refractivity contribution in [3.8, 4) is 0 Å². The summed E-state index contributed by atoms with van der Waals surface area (Å²) in [5, 5.41) is 3.08. The van der Waals surface area contributed by atoms with Crippen LogP contribution in [-0.2, 0) is 4.79 Å². The van der Waals surface area contributed by atoms with Crippen molar-refractivity contribution in [2.45, 2.75) is 64.8 Å². The van der Waals surface area contributed by atoms with Crippen molar-refractivity contribution in [1.82, 2.24) is 5.32 Å². The molecule has 21 heavy (non-hydrogen) atoms. The van der Waals surface area contributed by atoms with Crippen molar-refractivity contribution >= 4 is 11.5 Å². The molecule has 1 unspecified atom stereocenters. The number of allylic oxidation sites excluding steroid dienone is 1. The van der Waals surface area contributed by atoms with E-state index in [1.807, 2.05) is 6.07 Å². The number of rotatable bonds is 8. The molecule has 1 fully saturated rings. The van der Waals surface area contributed by atoms with E-state index in [9.17, 15) is 4.79 Å². The Bertz CT molecular complexity index is 490. The van der Waals surface area contributed by atoms with Gasteiger partial charge in [-0.2, -0.15) is 0 Å². The largest absolute Gasteiger partial charge is 0.345 e. The second-order valence-corrected chi connectivity index (χ2v) is 5.88. The van der Waals surface area contributed by atoms with Gasteiger partial charge in [0.05, 0.1) is 6.04 Å². The second kappa shape index (κ2) is 8.02. The summed E-state index contributed by atoms with van der Waals surface area (Å²) in [6, 6.07) is 10.7. The Hall–Kier alpha value is -1.57. The van der Waals surface area contributed by atoms with Gasteiger partial charge < -0.3 is 5.32 Å². The summed E-state index contributed by atoms with van der Waals surface area (Å²) in [4.78, 5) is 12.1. The zero-order valence-corrected chi connectivity index (χ0v) is 13.3. The summed E-state index contributed by atoms with van der Waals surface area (Å²) >= 11 is 0. The third kappa shape index (κ3) is 3.96. The SMILES string of the molecule is CCCCCC1NC(=O)/C1=C(\CCCC)c1ccccc1. The topological polar surface area (TPSA) is 29.1 Å². The van der Waals surface area contributed by atoms with E-state index in [0.29, 0.717) is 0 Å². The fourth-order valence-corrected chi connectivity index (χ4v) is 2.98. The molecule has 0 aliphatic carbocycles. The molecule has 1 aliphatic heterocycles. The molecule has 2 rings (SSSR count). The van der Waals surface area contributed by atoms with E-state index < -0.39 is 0 Å². The van der Waals surface area contributed by atoms with E-state index in [1.54, 1.807) is 0 Å². The highest BCUT2D eigenvalue weighted by Crippen LogP contribution is 2.32. The number of hydrogen-bond donors (Lipinski definition) is 1. The number of hydrogen-bond acceptors (Lipinski definition) is 1. The first-order chi connectivity index (χ1) is 10.3. The van der Waals surface area contributed by atoms with E-state index >= 15 is 0 Å².